The maximum atomic E-state index is 9.93. The van der Waals surface area contributed by atoms with Crippen LogP contribution in [0, 0.1) is 0 Å². The molecule has 0 unspecified atom stereocenters. The van der Waals surface area contributed by atoms with Gasteiger partial charge < -0.3 is 4.55 Å². The summed E-state index contributed by atoms with van der Waals surface area (Å²) in [4.78, 5) is 0. The third-order valence-electron chi connectivity index (χ3n) is 1.06. The predicted molar refractivity (Wildman–Crippen MR) is 37.2 cm³/mol. The van der Waals surface area contributed by atoms with Gasteiger partial charge in [0.1, 0.15) is 0 Å². The van der Waals surface area contributed by atoms with Crippen LogP contribution >= 0.6 is 0 Å². The predicted octanol–water partition coefficient (Wildman–Crippen LogP) is -2.77. The van der Waals surface area contributed by atoms with Crippen LogP contribution in [0.4, 0.5) is 0 Å². The third-order valence-corrected chi connectivity index (χ3v) is 1.62. The summed E-state index contributed by atoms with van der Waals surface area (Å²) in [5.74, 6) is 0. The molecule has 0 aliphatic carbocycles. The molecule has 0 bridgehead atoms. The van der Waals surface area contributed by atoms with E-state index in [0.717, 1.165) is 19.3 Å². The molecule has 0 aliphatic rings. The van der Waals surface area contributed by atoms with Gasteiger partial charge in [0.05, 0.1) is 0 Å². The second-order valence-corrected chi connectivity index (χ2v) is 3.25. The van der Waals surface area contributed by atoms with Gasteiger partial charge in [0, 0.05) is 6.54 Å². The summed E-state index contributed by atoms with van der Waals surface area (Å²) in [5.41, 5.74) is 0. The molecule has 0 aliphatic heterocycles. The van der Waals surface area contributed by atoms with Gasteiger partial charge in [0.15, 0.2) is 10.3 Å². The van der Waals surface area contributed by atoms with Gasteiger partial charge in [-0.1, -0.05) is 19.8 Å². The Morgan fingerprint density at radius 1 is 1.36 bits per heavy atom. The monoisotopic (exact) mass is 189 g/mol. The zero-order valence-electron chi connectivity index (χ0n) is 6.96. The molecule has 0 aromatic carbocycles. The zero-order chi connectivity index (χ0) is 8.04. The zero-order valence-corrected chi connectivity index (χ0v) is 9.78. The first kappa shape index (κ1) is 14.4. The van der Waals surface area contributed by atoms with E-state index in [1.165, 1.54) is 0 Å². The van der Waals surface area contributed by atoms with Crippen molar-refractivity contribution in [2.24, 2.45) is 0 Å². The van der Waals surface area contributed by atoms with Crippen LogP contribution in [0.25, 0.3) is 0 Å². The number of hydrogen-bond acceptors (Lipinski definition) is 3. The summed E-state index contributed by atoms with van der Waals surface area (Å²) in [6, 6.07) is 0. The molecule has 0 rings (SSSR count). The second kappa shape index (κ2) is 7.52. The Bertz CT molecular complexity index is 169. The molecule has 11 heavy (non-hydrogen) atoms. The van der Waals surface area contributed by atoms with Crippen molar-refractivity contribution in [3.05, 3.63) is 0 Å². The van der Waals surface area contributed by atoms with Crippen LogP contribution in [0.15, 0.2) is 0 Å². The molecule has 0 heterocycles. The summed E-state index contributed by atoms with van der Waals surface area (Å²) in [7, 11) is -4.20. The maximum absolute atomic E-state index is 9.93. The van der Waals surface area contributed by atoms with Gasteiger partial charge >= 0.3 is 29.6 Å². The molecule has 0 aromatic rings. The molecule has 0 spiro atoms. The molecule has 0 amide bonds. The first-order valence-electron chi connectivity index (χ1n) is 3.26. The van der Waals surface area contributed by atoms with Crippen LogP contribution in [0.5, 0.6) is 0 Å². The average Bonchev–Trinajstić information content (AvgIpc) is 1.78. The van der Waals surface area contributed by atoms with Gasteiger partial charge in [0.2, 0.25) is 0 Å². The number of unbranched alkanes of at least 4 members (excludes halogenated alkanes) is 2. The Hall–Kier alpha value is 0.870. The molecule has 6 heteroatoms. The number of nitrogens with one attached hydrogen (secondary N) is 1. The Balaban J connectivity index is 0. The molecule has 4 nitrogen and oxygen atoms in total. The van der Waals surface area contributed by atoms with Crippen molar-refractivity contribution < 1.29 is 42.5 Å². The van der Waals surface area contributed by atoms with Crippen LogP contribution in [0.2, 0.25) is 0 Å². The fourth-order valence-corrected chi connectivity index (χ4v) is 0.967. The summed E-state index contributed by atoms with van der Waals surface area (Å²) < 4.78 is 31.7. The minimum absolute atomic E-state index is 0. The van der Waals surface area contributed by atoms with Crippen LogP contribution in [0.3, 0.4) is 0 Å². The topological polar surface area (TPSA) is 69.2 Å². The van der Waals surface area contributed by atoms with Crippen molar-refractivity contribution in [2.75, 3.05) is 6.54 Å². The van der Waals surface area contributed by atoms with E-state index in [0.29, 0.717) is 0 Å². The van der Waals surface area contributed by atoms with Gasteiger partial charge in [-0.05, 0) is 6.42 Å². The Labute approximate surface area is 89.9 Å². The van der Waals surface area contributed by atoms with Crippen molar-refractivity contribution in [1.29, 1.82) is 0 Å². The average molecular weight is 189 g/mol. The van der Waals surface area contributed by atoms with Crippen LogP contribution in [-0.2, 0) is 10.3 Å². The van der Waals surface area contributed by atoms with Gasteiger partial charge in [-0.3, -0.25) is 0 Å². The van der Waals surface area contributed by atoms with Crippen molar-refractivity contribution in [3.8, 4) is 0 Å². The van der Waals surface area contributed by atoms with E-state index < -0.39 is 10.3 Å². The quantitative estimate of drug-likeness (QED) is 0.289. The Morgan fingerprint density at radius 2 is 1.91 bits per heavy atom. The van der Waals surface area contributed by atoms with E-state index in [2.05, 4.69) is 0 Å². The molecule has 1 N–H and O–H groups in total. The van der Waals surface area contributed by atoms with E-state index in [-0.39, 0.29) is 36.1 Å². The molecule has 0 fully saturated rings. The van der Waals surface area contributed by atoms with Gasteiger partial charge in [-0.15, -0.1) is 0 Å². The molecule has 0 radical (unpaired) electrons. The normalized spacial score (nSPS) is 10.7. The van der Waals surface area contributed by atoms with Gasteiger partial charge in [-0.2, -0.15) is 0 Å². The van der Waals surface area contributed by atoms with Crippen molar-refractivity contribution >= 4 is 10.3 Å². The smallest absolute Gasteiger partial charge is 0.735 e. The van der Waals surface area contributed by atoms with E-state index in [1.807, 2.05) is 11.6 Å². The molecule has 0 aromatic heterocycles. The first-order valence-corrected chi connectivity index (χ1v) is 4.67. The third kappa shape index (κ3) is 13.8. The molecule has 0 saturated heterocycles. The standard InChI is InChI=1S/C5H13NO3S.Na/c1-2-3-4-5-6-10(7,8)9;/h6H,2-5H2,1H3,(H,7,8,9);/q;+1/p-1. The van der Waals surface area contributed by atoms with Gasteiger partial charge in [-0.25, -0.2) is 13.1 Å². The van der Waals surface area contributed by atoms with E-state index in [4.69, 9.17) is 0 Å². The molecular formula is C5H12NNaO3S. The van der Waals surface area contributed by atoms with E-state index in [9.17, 15) is 13.0 Å². The second-order valence-electron chi connectivity index (χ2n) is 2.06. The van der Waals surface area contributed by atoms with Crippen molar-refractivity contribution in [3.63, 3.8) is 0 Å². The van der Waals surface area contributed by atoms with Crippen LogP contribution in [0.1, 0.15) is 26.2 Å². The van der Waals surface area contributed by atoms with E-state index >= 15 is 0 Å². The number of rotatable bonds is 5. The van der Waals surface area contributed by atoms with E-state index in [1.54, 1.807) is 0 Å². The summed E-state index contributed by atoms with van der Waals surface area (Å²) in [5, 5.41) is 0. The van der Waals surface area contributed by atoms with Crippen LogP contribution in [-0.4, -0.2) is 19.5 Å². The van der Waals surface area contributed by atoms with Crippen molar-refractivity contribution in [1.82, 2.24) is 4.72 Å². The Morgan fingerprint density at radius 3 is 2.27 bits per heavy atom. The van der Waals surface area contributed by atoms with Gasteiger partial charge in [0.25, 0.3) is 0 Å². The summed E-state index contributed by atoms with van der Waals surface area (Å²) >= 11 is 0. The minimum Gasteiger partial charge on any atom is -0.735 e. The largest absolute Gasteiger partial charge is 1.00 e. The maximum Gasteiger partial charge on any atom is 1.00 e. The molecule has 0 atom stereocenters. The van der Waals surface area contributed by atoms with Crippen molar-refractivity contribution in [2.45, 2.75) is 26.2 Å². The fraction of sp³-hybridized carbons (Fsp3) is 1.00. The first-order chi connectivity index (χ1) is 4.56. The Kier molecular flexibility index (Phi) is 9.84. The molecule has 0 saturated carbocycles. The summed E-state index contributed by atoms with van der Waals surface area (Å²) in [6.45, 7) is 2.27. The van der Waals surface area contributed by atoms with Crippen LogP contribution < -0.4 is 34.3 Å². The molecule has 62 valence electrons. The SMILES string of the molecule is CCCCCNS(=O)(=O)[O-].[Na+]. The molecular weight excluding hydrogens is 177 g/mol. The minimum atomic E-state index is -4.20. The summed E-state index contributed by atoms with van der Waals surface area (Å²) in [6.07, 6.45) is 2.70. The number of hydrogen-bond donors (Lipinski definition) is 1. The fourth-order valence-electron chi connectivity index (χ4n) is 0.572.